The Labute approximate surface area is 228 Å². The first-order valence-electron chi connectivity index (χ1n) is 13.1. The van der Waals surface area contributed by atoms with Crippen LogP contribution in [-0.2, 0) is 38.8 Å². The number of ether oxygens (including phenoxy) is 4. The molecule has 9 heteroatoms. The summed E-state index contributed by atoms with van der Waals surface area (Å²) < 4.78 is 24.7. The molecule has 0 saturated carbocycles. The van der Waals surface area contributed by atoms with Crippen molar-refractivity contribution in [3.05, 3.63) is 118 Å². The zero-order valence-corrected chi connectivity index (χ0v) is 22.0. The molecule has 0 bridgehead atoms. The first-order chi connectivity index (χ1) is 19.0. The van der Waals surface area contributed by atoms with Crippen LogP contribution in [0.3, 0.4) is 0 Å². The largest absolute Gasteiger partial charge is 0.384 e. The minimum Gasteiger partial charge on any atom is -0.384 e. The summed E-state index contributed by atoms with van der Waals surface area (Å²) in [6, 6.07) is 28.4. The predicted octanol–water partition coefficient (Wildman–Crippen LogP) is 5.26. The molecule has 0 amide bonds. The van der Waals surface area contributed by atoms with Gasteiger partial charge >= 0.3 is 0 Å². The molecular formula is C30H35N3O6. The molecule has 5 atom stereocenters. The Morgan fingerprint density at radius 3 is 1.95 bits per heavy atom. The fraction of sp³-hybridized carbons (Fsp3) is 0.400. The van der Waals surface area contributed by atoms with Gasteiger partial charge in [-0.3, -0.25) is 0 Å². The van der Waals surface area contributed by atoms with E-state index in [1.54, 1.807) is 0 Å². The third-order valence-electron chi connectivity index (χ3n) is 6.71. The van der Waals surface area contributed by atoms with Crippen LogP contribution in [0.5, 0.6) is 0 Å². The summed E-state index contributed by atoms with van der Waals surface area (Å²) in [5.41, 5.74) is 10.3. The molecule has 0 spiro atoms. The lowest BCUT2D eigenvalue weighted by Gasteiger charge is -2.53. The molecule has 0 aliphatic carbocycles. The Kier molecular flexibility index (Phi) is 10.1. The van der Waals surface area contributed by atoms with Gasteiger partial charge in [0.15, 0.2) is 5.79 Å². The average Bonchev–Trinajstić information content (AvgIpc) is 2.96. The first kappa shape index (κ1) is 28.7. The van der Waals surface area contributed by atoms with Crippen molar-refractivity contribution >= 4 is 0 Å². The fourth-order valence-corrected chi connectivity index (χ4v) is 4.81. The molecular weight excluding hydrogens is 498 g/mol. The molecule has 3 aromatic carbocycles. The minimum absolute atomic E-state index is 0.00190. The molecule has 0 unspecified atom stereocenters. The van der Waals surface area contributed by atoms with Crippen LogP contribution in [0.2, 0.25) is 0 Å². The lowest BCUT2D eigenvalue weighted by atomic mass is 9.84. The van der Waals surface area contributed by atoms with Gasteiger partial charge in [0.05, 0.1) is 26.4 Å². The highest BCUT2D eigenvalue weighted by Crippen LogP contribution is 2.43. The molecule has 39 heavy (non-hydrogen) atoms. The second-order valence-electron chi connectivity index (χ2n) is 9.59. The Morgan fingerprint density at radius 2 is 1.41 bits per heavy atom. The summed E-state index contributed by atoms with van der Waals surface area (Å²) in [6.07, 6.45) is -3.22. The number of hydrogen-bond acceptors (Lipinski definition) is 7. The highest BCUT2D eigenvalue weighted by molar-refractivity contribution is 5.17. The van der Waals surface area contributed by atoms with E-state index in [1.807, 2.05) is 97.9 Å². The van der Waals surface area contributed by atoms with Crippen molar-refractivity contribution in [3.63, 3.8) is 0 Å². The van der Waals surface area contributed by atoms with E-state index in [9.17, 15) is 15.7 Å². The predicted molar refractivity (Wildman–Crippen MR) is 145 cm³/mol. The molecule has 0 radical (unpaired) electrons. The second kappa shape index (κ2) is 13.7. The van der Waals surface area contributed by atoms with Gasteiger partial charge in [0.1, 0.15) is 18.3 Å². The molecule has 1 aliphatic heterocycles. The summed E-state index contributed by atoms with van der Waals surface area (Å²) in [6.45, 7) is 2.26. The smallest absolute Gasteiger partial charge is 0.207 e. The molecule has 206 valence electrons. The number of rotatable bonds is 13. The van der Waals surface area contributed by atoms with E-state index in [1.165, 1.54) is 0 Å². The molecule has 1 fully saturated rings. The van der Waals surface area contributed by atoms with Crippen molar-refractivity contribution in [3.8, 4) is 0 Å². The summed E-state index contributed by atoms with van der Waals surface area (Å²) in [4.78, 5) is 3.04. The number of nitrogens with zero attached hydrogens (tertiary/aromatic N) is 3. The first-order valence-corrected chi connectivity index (χ1v) is 13.1. The molecule has 3 aromatic rings. The lowest BCUT2D eigenvalue weighted by Crippen LogP contribution is -2.72. The van der Waals surface area contributed by atoms with Crippen molar-refractivity contribution in [2.24, 2.45) is 5.11 Å². The van der Waals surface area contributed by atoms with Crippen LogP contribution in [0.1, 0.15) is 36.5 Å². The van der Waals surface area contributed by atoms with E-state index in [4.69, 9.17) is 18.9 Å². The number of azide groups is 1. The summed E-state index contributed by atoms with van der Waals surface area (Å²) >= 11 is 0. The number of aliphatic hydroxyl groups is 2. The lowest BCUT2D eigenvalue weighted by molar-refractivity contribution is -0.391. The van der Waals surface area contributed by atoms with Gasteiger partial charge in [-0.05, 0) is 22.2 Å². The zero-order valence-electron chi connectivity index (χ0n) is 22.0. The van der Waals surface area contributed by atoms with Crippen molar-refractivity contribution in [1.82, 2.24) is 0 Å². The van der Waals surface area contributed by atoms with Crippen molar-refractivity contribution in [1.29, 1.82) is 0 Å². The van der Waals surface area contributed by atoms with Crippen molar-refractivity contribution in [2.45, 2.75) is 69.4 Å². The summed E-state index contributed by atoms with van der Waals surface area (Å²) in [7, 11) is 0. The van der Waals surface area contributed by atoms with Crippen molar-refractivity contribution < 1.29 is 29.2 Å². The number of hydrogen-bond donors (Lipinski definition) is 2. The monoisotopic (exact) mass is 533 g/mol. The van der Waals surface area contributed by atoms with Crippen LogP contribution in [0, 0.1) is 0 Å². The van der Waals surface area contributed by atoms with E-state index in [2.05, 4.69) is 10.0 Å². The Bertz CT molecular complexity index is 1200. The topological polar surface area (TPSA) is 126 Å². The quantitative estimate of drug-likeness (QED) is 0.175. The van der Waals surface area contributed by atoms with Crippen LogP contribution < -0.4 is 0 Å². The van der Waals surface area contributed by atoms with E-state index in [0.717, 1.165) is 16.7 Å². The SMILES string of the molecule is CCC[C@]1(O)O[C@H](COCc2ccccc2)[C@@H](OCc2ccccc2)[C@](N=[N+]=[N-])(OCc2ccccc2)[C@@H]1O. The summed E-state index contributed by atoms with van der Waals surface area (Å²) in [5, 5.41) is 27.1. The molecule has 1 heterocycles. The van der Waals surface area contributed by atoms with Gasteiger partial charge in [-0.1, -0.05) is 109 Å². The maximum atomic E-state index is 11.6. The Morgan fingerprint density at radius 1 is 0.872 bits per heavy atom. The second-order valence-corrected chi connectivity index (χ2v) is 9.59. The van der Waals surface area contributed by atoms with Gasteiger partial charge in [-0.15, -0.1) is 0 Å². The van der Waals surface area contributed by atoms with E-state index < -0.39 is 29.8 Å². The molecule has 1 saturated heterocycles. The average molecular weight is 534 g/mol. The molecule has 1 aliphatic rings. The molecule has 9 nitrogen and oxygen atoms in total. The van der Waals surface area contributed by atoms with Gasteiger partial charge in [0, 0.05) is 11.3 Å². The van der Waals surface area contributed by atoms with Crippen LogP contribution in [0.4, 0.5) is 0 Å². The van der Waals surface area contributed by atoms with Gasteiger partial charge in [0.25, 0.3) is 0 Å². The normalized spacial score (nSPS) is 26.6. The Balaban J connectivity index is 1.69. The summed E-state index contributed by atoms with van der Waals surface area (Å²) in [5.74, 6) is -2.06. The van der Waals surface area contributed by atoms with Crippen LogP contribution in [-0.4, -0.2) is 46.6 Å². The third kappa shape index (κ3) is 7.03. The van der Waals surface area contributed by atoms with Crippen LogP contribution >= 0.6 is 0 Å². The van der Waals surface area contributed by atoms with Gasteiger partial charge in [-0.2, -0.15) is 0 Å². The third-order valence-corrected chi connectivity index (χ3v) is 6.71. The highest BCUT2D eigenvalue weighted by atomic mass is 16.7. The molecule has 0 aromatic heterocycles. The Hall–Kier alpha value is -3.27. The zero-order chi connectivity index (χ0) is 27.6. The van der Waals surface area contributed by atoms with Crippen LogP contribution in [0.15, 0.2) is 96.1 Å². The maximum absolute atomic E-state index is 11.6. The van der Waals surface area contributed by atoms with Gasteiger partial charge in [-0.25, -0.2) is 0 Å². The van der Waals surface area contributed by atoms with Crippen molar-refractivity contribution in [2.75, 3.05) is 6.61 Å². The maximum Gasteiger partial charge on any atom is 0.207 e. The standard InChI is InChI=1S/C30H35N3O6/c1-2-18-29(35)28(34)30(32-33-31,38-21-25-16-10-5-11-17-25)27(37-20-24-14-8-4-9-15-24)26(39-29)22-36-19-23-12-6-3-7-13-23/h3-17,26-28,34-35H,2,18-22H2,1H3/t26-,27-,28-,29+,30+/m1/s1. The number of benzene rings is 3. The van der Waals surface area contributed by atoms with Gasteiger partial charge in [0.2, 0.25) is 5.72 Å². The molecule has 2 N–H and O–H groups in total. The van der Waals surface area contributed by atoms with E-state index >= 15 is 0 Å². The van der Waals surface area contributed by atoms with E-state index in [-0.39, 0.29) is 26.2 Å². The highest BCUT2D eigenvalue weighted by Gasteiger charge is 2.63. The van der Waals surface area contributed by atoms with E-state index in [0.29, 0.717) is 13.0 Å². The number of aliphatic hydroxyl groups excluding tert-OH is 1. The molecule has 4 rings (SSSR count). The van der Waals surface area contributed by atoms with Crippen LogP contribution in [0.25, 0.3) is 10.4 Å². The minimum atomic E-state index is -2.06. The fourth-order valence-electron chi connectivity index (χ4n) is 4.81. The van der Waals surface area contributed by atoms with Gasteiger partial charge < -0.3 is 29.2 Å².